The second kappa shape index (κ2) is 23.3. The average molecular weight is 189 g/mol. The van der Waals surface area contributed by atoms with Gasteiger partial charge in [-0.25, -0.2) is 0 Å². The van der Waals surface area contributed by atoms with Crippen molar-refractivity contribution in [3.8, 4) is 0 Å². The van der Waals surface area contributed by atoms with Crippen molar-refractivity contribution in [1.29, 1.82) is 0 Å². The van der Waals surface area contributed by atoms with Crippen LogP contribution in [0.2, 0.25) is 0 Å². The Hall–Kier alpha value is 1.60. The molecule has 0 saturated carbocycles. The van der Waals surface area contributed by atoms with Crippen LogP contribution in [0.1, 0.15) is 0 Å². The third-order valence-corrected chi connectivity index (χ3v) is 0. The van der Waals surface area contributed by atoms with Crippen molar-refractivity contribution in [3.63, 3.8) is 0 Å². The molecule has 0 aromatic rings. The van der Waals surface area contributed by atoms with Crippen molar-refractivity contribution in [2.45, 2.75) is 0 Å². The summed E-state index contributed by atoms with van der Waals surface area (Å²) in [4.78, 5) is 0. The molecule has 0 heterocycles. The van der Waals surface area contributed by atoms with E-state index in [0.717, 1.165) is 0 Å². The summed E-state index contributed by atoms with van der Waals surface area (Å²) in [5, 5.41) is 0. The van der Waals surface area contributed by atoms with Gasteiger partial charge in [-0.15, -0.1) is 0 Å². The number of hydrogen-bond acceptors (Lipinski definition) is 1. The van der Waals surface area contributed by atoms with E-state index < -0.39 is 0 Å². The van der Waals surface area contributed by atoms with E-state index in [9.17, 15) is 0 Å². The molecule has 4 heteroatoms. The summed E-state index contributed by atoms with van der Waals surface area (Å²) in [6, 6.07) is 0. The summed E-state index contributed by atoms with van der Waals surface area (Å²) in [7, 11) is 3.77. The van der Waals surface area contributed by atoms with Crippen LogP contribution in [0.5, 0.6) is 0 Å². The molecule has 34 valence electrons. The van der Waals surface area contributed by atoms with E-state index in [0.29, 0.717) is 0 Å². The third kappa shape index (κ3) is 9.51. The van der Waals surface area contributed by atoms with Crippen molar-refractivity contribution in [2.75, 3.05) is 0 Å². The third-order valence-electron chi connectivity index (χ3n) is 0. The van der Waals surface area contributed by atoms with Gasteiger partial charge >= 0.3 is 24.7 Å². The second-order valence-electron chi connectivity index (χ2n) is 0. The molecule has 1 radical (unpaired) electrons. The van der Waals surface area contributed by atoms with Crippen LogP contribution in [-0.2, 0) is 31.2 Å². The fourth-order valence-corrected chi connectivity index (χ4v) is 0. The van der Waals surface area contributed by atoms with Gasteiger partial charge in [0.05, 0.1) is 0 Å². The first-order valence-electron chi connectivity index (χ1n) is 0.136. The molecule has 0 spiro atoms. The SMILES string of the molecule is S.[Cu].[S]=[Co]. The number of hydrogen-bond donors (Lipinski definition) is 0. The predicted octanol–water partition coefficient (Wildman–Crippen LogP) is 0.756. The molecule has 0 rings (SSSR count). The van der Waals surface area contributed by atoms with Crippen LogP contribution < -0.4 is 0 Å². The standard InChI is InChI=1S/Co.Cu.H2S.S/h;;1H2;. The normalized spacial score (nSPS) is 1.25. The summed E-state index contributed by atoms with van der Waals surface area (Å²) in [6.07, 6.45) is 0. The van der Waals surface area contributed by atoms with E-state index in [1.807, 2.05) is 0 Å². The van der Waals surface area contributed by atoms with Crippen LogP contribution in [0.3, 0.4) is 0 Å². The van der Waals surface area contributed by atoms with E-state index in [4.69, 9.17) is 0 Å². The molecule has 0 unspecified atom stereocenters. The molecule has 0 bridgehead atoms. The van der Waals surface area contributed by atoms with E-state index >= 15 is 0 Å². The van der Waals surface area contributed by atoms with Gasteiger partial charge in [0.15, 0.2) is 0 Å². The van der Waals surface area contributed by atoms with Crippen molar-refractivity contribution in [2.24, 2.45) is 0 Å². The molecule has 0 aliphatic carbocycles. The predicted molar refractivity (Wildman–Crippen MR) is 18.0 cm³/mol. The second-order valence-corrected chi connectivity index (χ2v) is 0. The first-order valence-corrected chi connectivity index (χ1v) is 1.68. The van der Waals surface area contributed by atoms with Gasteiger partial charge in [0.1, 0.15) is 0 Å². The van der Waals surface area contributed by atoms with Crippen molar-refractivity contribution < 1.29 is 31.2 Å². The van der Waals surface area contributed by atoms with Crippen molar-refractivity contribution >= 4 is 24.1 Å². The van der Waals surface area contributed by atoms with Crippen LogP contribution in [0, 0.1) is 0 Å². The number of rotatable bonds is 0. The molecule has 0 aliphatic heterocycles. The Morgan fingerprint density at radius 3 is 1.25 bits per heavy atom. The van der Waals surface area contributed by atoms with Crippen LogP contribution in [0.15, 0.2) is 0 Å². The Morgan fingerprint density at radius 1 is 1.25 bits per heavy atom. The Labute approximate surface area is 55.1 Å². The summed E-state index contributed by atoms with van der Waals surface area (Å²) in [5.74, 6) is 0. The van der Waals surface area contributed by atoms with Gasteiger partial charge in [-0.05, 0) is 0 Å². The molecule has 0 nitrogen and oxygen atoms in total. The van der Waals surface area contributed by atoms with E-state index in [2.05, 4.69) is 24.7 Å². The van der Waals surface area contributed by atoms with E-state index in [-0.39, 0.29) is 30.6 Å². The Bertz CT molecular complexity index is 6.00. The molecule has 4 heavy (non-hydrogen) atoms. The molecule has 0 aliphatic rings. The first kappa shape index (κ1) is 17.5. The molecular weight excluding hydrogens is 187 g/mol. The minimum atomic E-state index is 0. The molecule has 0 aromatic carbocycles. The Balaban J connectivity index is -0.00000000500. The van der Waals surface area contributed by atoms with Gasteiger partial charge in [0.25, 0.3) is 0 Å². The van der Waals surface area contributed by atoms with Crippen molar-refractivity contribution in [1.82, 2.24) is 0 Å². The average Bonchev–Trinajstić information content (AvgIpc) is 1.00. The fraction of sp³-hybridized carbons (Fsp3) is 0. The van der Waals surface area contributed by atoms with Crippen LogP contribution in [0.4, 0.5) is 0 Å². The molecule has 0 amide bonds. The fourth-order valence-electron chi connectivity index (χ4n) is 0. The van der Waals surface area contributed by atoms with Gasteiger partial charge < -0.3 is 0 Å². The minimum absolute atomic E-state index is 0. The molecule has 0 fully saturated rings. The summed E-state index contributed by atoms with van der Waals surface area (Å²) in [5.41, 5.74) is 0. The van der Waals surface area contributed by atoms with Gasteiger partial charge in [-0.1, -0.05) is 0 Å². The molecule has 0 N–H and O–H groups in total. The zero-order valence-electron chi connectivity index (χ0n) is 1.54. The van der Waals surface area contributed by atoms with Crippen LogP contribution >= 0.6 is 24.1 Å². The zero-order valence-corrected chi connectivity index (χ0v) is 5.34. The Kier molecular flexibility index (Phi) is 102. The van der Waals surface area contributed by atoms with E-state index in [1.165, 1.54) is 0 Å². The summed E-state index contributed by atoms with van der Waals surface area (Å²) in [6.45, 7) is 0. The van der Waals surface area contributed by atoms with Crippen LogP contribution in [0.25, 0.3) is 0 Å². The maximum absolute atomic E-state index is 3.77. The van der Waals surface area contributed by atoms with E-state index in [1.54, 1.807) is 0 Å². The van der Waals surface area contributed by atoms with Gasteiger partial charge in [-0.3, -0.25) is 0 Å². The topological polar surface area (TPSA) is 0 Å². The maximum atomic E-state index is 3.77. The summed E-state index contributed by atoms with van der Waals surface area (Å²) >= 11 is 3.15. The molecule has 0 atom stereocenters. The zero-order chi connectivity index (χ0) is 2.00. The van der Waals surface area contributed by atoms with Gasteiger partial charge in [-0.2, -0.15) is 13.5 Å². The molecule has 0 saturated heterocycles. The van der Waals surface area contributed by atoms with Crippen molar-refractivity contribution in [3.05, 3.63) is 0 Å². The molecular formula is H2CoCuS2. The summed E-state index contributed by atoms with van der Waals surface area (Å²) < 4.78 is 0. The first-order chi connectivity index (χ1) is 1.00. The van der Waals surface area contributed by atoms with Gasteiger partial charge in [0.2, 0.25) is 0 Å². The monoisotopic (exact) mass is 188 g/mol. The quantitative estimate of drug-likeness (QED) is 0.506. The Morgan fingerprint density at radius 2 is 1.25 bits per heavy atom. The van der Waals surface area contributed by atoms with Crippen LogP contribution in [-0.4, -0.2) is 0 Å². The molecule has 0 aromatic heterocycles. The van der Waals surface area contributed by atoms with Gasteiger partial charge in [0, 0.05) is 17.1 Å².